The molecule has 1 aliphatic rings. The molecule has 2 aromatic carbocycles. The fourth-order valence-electron chi connectivity index (χ4n) is 3.64. The Kier molecular flexibility index (Phi) is 7.42. The van der Waals surface area contributed by atoms with Crippen molar-refractivity contribution in [3.63, 3.8) is 0 Å². The molecular weight excluding hydrogens is 470 g/mol. The molecule has 1 saturated heterocycles. The molecule has 10 heteroatoms. The Morgan fingerprint density at radius 1 is 0.943 bits per heavy atom. The summed E-state index contributed by atoms with van der Waals surface area (Å²) in [5.41, 5.74) is 0.907. The molecule has 1 fully saturated rings. The number of piperazine rings is 1. The van der Waals surface area contributed by atoms with Crippen molar-refractivity contribution in [1.82, 2.24) is 14.2 Å². The van der Waals surface area contributed by atoms with Gasteiger partial charge in [-0.3, -0.25) is 9.78 Å². The van der Waals surface area contributed by atoms with E-state index < -0.39 is 16.0 Å². The third-order valence-electron chi connectivity index (χ3n) is 5.61. The van der Waals surface area contributed by atoms with Crippen LogP contribution in [0.15, 0.2) is 78.0 Å². The molecule has 1 aliphatic heterocycles. The van der Waals surface area contributed by atoms with Crippen molar-refractivity contribution in [3.05, 3.63) is 84.2 Å². The van der Waals surface area contributed by atoms with Crippen LogP contribution in [-0.4, -0.2) is 60.7 Å². The number of amides is 1. The van der Waals surface area contributed by atoms with Crippen molar-refractivity contribution in [3.8, 4) is 11.5 Å². The van der Waals surface area contributed by atoms with E-state index in [4.69, 9.17) is 9.47 Å². The third-order valence-corrected chi connectivity index (χ3v) is 7.52. The summed E-state index contributed by atoms with van der Waals surface area (Å²) in [6.07, 6.45) is 3.23. The molecule has 1 amide bonds. The first-order chi connectivity index (χ1) is 16.8. The number of nitrogens with zero attached hydrogens (tertiary/aromatic N) is 3. The third kappa shape index (κ3) is 5.84. The Hall–Kier alpha value is -3.76. The fourth-order valence-corrected chi connectivity index (χ4v) is 5.06. The van der Waals surface area contributed by atoms with Crippen LogP contribution in [0, 0.1) is 0 Å². The molecule has 2 heterocycles. The highest BCUT2D eigenvalue weighted by atomic mass is 32.2. The number of benzene rings is 2. The SMILES string of the molecule is CC(=O)N1CCN(S(=O)(=O)c2ccc(C(=O)OCc3ccccc3Oc3cccnc3)cc2)CC1. The molecule has 0 aliphatic carbocycles. The number of aromatic nitrogens is 1. The number of carbonyl (C=O) groups is 2. The molecule has 9 nitrogen and oxygen atoms in total. The summed E-state index contributed by atoms with van der Waals surface area (Å²) in [5.74, 6) is 0.446. The molecule has 0 atom stereocenters. The van der Waals surface area contributed by atoms with Gasteiger partial charge in [0.15, 0.2) is 0 Å². The first-order valence-electron chi connectivity index (χ1n) is 11.0. The van der Waals surface area contributed by atoms with Gasteiger partial charge in [0.2, 0.25) is 15.9 Å². The van der Waals surface area contributed by atoms with Crippen LogP contribution in [0.1, 0.15) is 22.8 Å². The lowest BCUT2D eigenvalue weighted by atomic mass is 10.2. The van der Waals surface area contributed by atoms with Crippen LogP contribution >= 0.6 is 0 Å². The van der Waals surface area contributed by atoms with E-state index in [1.54, 1.807) is 41.6 Å². The molecule has 0 unspecified atom stereocenters. The van der Waals surface area contributed by atoms with Crippen molar-refractivity contribution in [2.45, 2.75) is 18.4 Å². The van der Waals surface area contributed by atoms with Crippen molar-refractivity contribution < 1.29 is 27.5 Å². The first kappa shape index (κ1) is 24.4. The smallest absolute Gasteiger partial charge is 0.338 e. The molecule has 1 aromatic heterocycles. The number of para-hydroxylation sites is 1. The number of carbonyl (C=O) groups excluding carboxylic acids is 2. The quantitative estimate of drug-likeness (QED) is 0.464. The normalized spacial score (nSPS) is 14.4. The number of sulfonamides is 1. The Morgan fingerprint density at radius 3 is 2.31 bits per heavy atom. The summed E-state index contributed by atoms with van der Waals surface area (Å²) in [7, 11) is -3.72. The molecule has 0 radical (unpaired) electrons. The topological polar surface area (TPSA) is 106 Å². The van der Waals surface area contributed by atoms with Crippen LogP contribution in [0.5, 0.6) is 11.5 Å². The minimum absolute atomic E-state index is 0.0181. The highest BCUT2D eigenvalue weighted by molar-refractivity contribution is 7.89. The van der Waals surface area contributed by atoms with Gasteiger partial charge in [0.05, 0.1) is 16.7 Å². The monoisotopic (exact) mass is 495 g/mol. The highest BCUT2D eigenvalue weighted by Gasteiger charge is 2.29. The Bertz CT molecular complexity index is 1290. The Labute approximate surface area is 204 Å². The van der Waals surface area contributed by atoms with Crippen molar-refractivity contribution >= 4 is 21.9 Å². The highest BCUT2D eigenvalue weighted by Crippen LogP contribution is 2.25. The summed E-state index contributed by atoms with van der Waals surface area (Å²) < 4.78 is 38.5. The van der Waals surface area contributed by atoms with Gasteiger partial charge in [-0.2, -0.15) is 4.31 Å². The zero-order valence-corrected chi connectivity index (χ0v) is 20.0. The molecule has 4 rings (SSSR count). The molecule has 3 aromatic rings. The van der Waals surface area contributed by atoms with E-state index in [1.165, 1.54) is 35.5 Å². The second-order valence-electron chi connectivity index (χ2n) is 7.91. The summed E-state index contributed by atoms with van der Waals surface area (Å²) in [6.45, 7) is 2.61. The van der Waals surface area contributed by atoms with E-state index in [2.05, 4.69) is 4.98 Å². The van der Waals surface area contributed by atoms with Crippen LogP contribution in [-0.2, 0) is 26.2 Å². The van der Waals surface area contributed by atoms with Crippen molar-refractivity contribution in [2.75, 3.05) is 26.2 Å². The van der Waals surface area contributed by atoms with Gasteiger partial charge in [0, 0.05) is 44.9 Å². The Balaban J connectivity index is 1.38. The number of hydrogen-bond donors (Lipinski definition) is 0. The molecule has 0 saturated carbocycles. The molecular formula is C25H25N3O6S. The van der Waals surface area contributed by atoms with Crippen LogP contribution < -0.4 is 4.74 Å². The zero-order chi connectivity index (χ0) is 24.8. The van der Waals surface area contributed by atoms with E-state index in [-0.39, 0.29) is 36.1 Å². The largest absolute Gasteiger partial charge is 0.457 e. The molecule has 182 valence electrons. The van der Waals surface area contributed by atoms with Crippen molar-refractivity contribution in [1.29, 1.82) is 0 Å². The van der Waals surface area contributed by atoms with Gasteiger partial charge in [0.25, 0.3) is 0 Å². The number of rotatable bonds is 7. The van der Waals surface area contributed by atoms with Gasteiger partial charge < -0.3 is 14.4 Å². The van der Waals surface area contributed by atoms with E-state index in [0.29, 0.717) is 30.2 Å². The molecule has 35 heavy (non-hydrogen) atoms. The standard InChI is InChI=1S/C25H25N3O6S/c1-19(29)27-13-15-28(16-14-27)35(31,32)23-10-8-20(9-11-23)25(30)33-18-21-5-2-3-7-24(21)34-22-6-4-12-26-17-22/h2-12,17H,13-16,18H2,1H3. The average Bonchev–Trinajstić information content (AvgIpc) is 2.88. The van der Waals surface area contributed by atoms with E-state index in [9.17, 15) is 18.0 Å². The maximum absolute atomic E-state index is 12.9. The first-order valence-corrected chi connectivity index (χ1v) is 12.5. The summed E-state index contributed by atoms with van der Waals surface area (Å²) in [5, 5.41) is 0. The van der Waals surface area contributed by atoms with Crippen molar-refractivity contribution in [2.24, 2.45) is 0 Å². The van der Waals surface area contributed by atoms with Crippen LogP contribution in [0.4, 0.5) is 0 Å². The van der Waals surface area contributed by atoms with Gasteiger partial charge in [-0.05, 0) is 42.5 Å². The number of ether oxygens (including phenoxy) is 2. The predicted octanol–water partition coefficient (Wildman–Crippen LogP) is 3.08. The summed E-state index contributed by atoms with van der Waals surface area (Å²) >= 11 is 0. The molecule has 0 bridgehead atoms. The van der Waals surface area contributed by atoms with Crippen LogP contribution in [0.3, 0.4) is 0 Å². The zero-order valence-electron chi connectivity index (χ0n) is 19.2. The second-order valence-corrected chi connectivity index (χ2v) is 9.85. The van der Waals surface area contributed by atoms with Crippen LogP contribution in [0.2, 0.25) is 0 Å². The fraction of sp³-hybridized carbons (Fsp3) is 0.240. The molecule has 0 spiro atoms. The number of hydrogen-bond acceptors (Lipinski definition) is 7. The minimum Gasteiger partial charge on any atom is -0.457 e. The van der Waals surface area contributed by atoms with E-state index in [0.717, 1.165) is 0 Å². The van der Waals surface area contributed by atoms with E-state index >= 15 is 0 Å². The predicted molar refractivity (Wildman–Crippen MR) is 127 cm³/mol. The maximum atomic E-state index is 12.9. The van der Waals surface area contributed by atoms with Gasteiger partial charge in [-0.25, -0.2) is 13.2 Å². The lowest BCUT2D eigenvalue weighted by Crippen LogP contribution is -2.49. The lowest BCUT2D eigenvalue weighted by molar-refractivity contribution is -0.129. The van der Waals surface area contributed by atoms with Gasteiger partial charge in [0.1, 0.15) is 18.1 Å². The second kappa shape index (κ2) is 10.7. The minimum atomic E-state index is -3.72. The van der Waals surface area contributed by atoms with Gasteiger partial charge in [-0.15, -0.1) is 0 Å². The number of pyridine rings is 1. The van der Waals surface area contributed by atoms with E-state index in [1.807, 2.05) is 12.1 Å². The summed E-state index contributed by atoms with van der Waals surface area (Å²) in [4.78, 5) is 29.8. The lowest BCUT2D eigenvalue weighted by Gasteiger charge is -2.33. The molecule has 0 N–H and O–H groups in total. The Morgan fingerprint density at radius 2 is 1.66 bits per heavy atom. The average molecular weight is 496 g/mol. The van der Waals surface area contributed by atoms with Crippen LogP contribution in [0.25, 0.3) is 0 Å². The summed E-state index contributed by atoms with van der Waals surface area (Å²) in [6, 6.07) is 16.4. The van der Waals surface area contributed by atoms with Gasteiger partial charge in [-0.1, -0.05) is 18.2 Å². The maximum Gasteiger partial charge on any atom is 0.338 e. The van der Waals surface area contributed by atoms with Gasteiger partial charge >= 0.3 is 5.97 Å². The number of esters is 1.